The minimum absolute atomic E-state index is 0.135. The highest BCUT2D eigenvalue weighted by molar-refractivity contribution is 5.97. The molecule has 0 radical (unpaired) electrons. The second-order valence-electron chi connectivity index (χ2n) is 9.40. The number of alkyl halides is 9. The summed E-state index contributed by atoms with van der Waals surface area (Å²) in [6.07, 6.45) is -12.2. The van der Waals surface area contributed by atoms with Gasteiger partial charge in [-0.15, -0.1) is 0 Å². The van der Waals surface area contributed by atoms with Crippen molar-refractivity contribution < 1.29 is 87.5 Å². The van der Waals surface area contributed by atoms with E-state index in [4.69, 9.17) is 40.2 Å². The summed E-state index contributed by atoms with van der Waals surface area (Å²) in [6, 6.07) is 6.99. The van der Waals surface area contributed by atoms with E-state index in [1.165, 1.54) is 36.5 Å². The first kappa shape index (κ1) is 45.5. The molecule has 0 aliphatic rings. The fraction of sp³-hybridized carbons (Fsp3) is 0.296. The lowest BCUT2D eigenvalue weighted by Crippen LogP contribution is -2.28. The van der Waals surface area contributed by atoms with Crippen molar-refractivity contribution in [1.29, 1.82) is 0 Å². The molecule has 1 aromatic heterocycles. The molecule has 1 atom stereocenters. The third-order valence-corrected chi connectivity index (χ3v) is 5.15. The van der Waals surface area contributed by atoms with E-state index in [9.17, 15) is 53.1 Å². The van der Waals surface area contributed by atoms with Crippen LogP contribution in [0.3, 0.4) is 0 Å². The van der Waals surface area contributed by atoms with Crippen molar-refractivity contribution in [2.45, 2.75) is 24.6 Å². The summed E-state index contributed by atoms with van der Waals surface area (Å²) in [4.78, 5) is 41.2. The van der Waals surface area contributed by atoms with Gasteiger partial charge in [-0.1, -0.05) is 12.1 Å². The van der Waals surface area contributed by atoms with Crippen LogP contribution in [0.2, 0.25) is 0 Å². The van der Waals surface area contributed by atoms with E-state index in [2.05, 4.69) is 15.5 Å². The molecule has 0 fully saturated rings. The number of aromatic nitrogens is 2. The van der Waals surface area contributed by atoms with Gasteiger partial charge in [-0.05, 0) is 37.9 Å². The number of carboxylic acid groups (broad SMARTS) is 3. The molecule has 0 bridgehead atoms. The Morgan fingerprint density at radius 1 is 0.882 bits per heavy atom. The number of ether oxygens (including phenoxy) is 1. The van der Waals surface area contributed by atoms with Crippen molar-refractivity contribution in [3.8, 4) is 16.9 Å². The van der Waals surface area contributed by atoms with Crippen molar-refractivity contribution in [2.24, 2.45) is 5.73 Å². The second-order valence-corrected chi connectivity index (χ2v) is 9.40. The fourth-order valence-electron chi connectivity index (χ4n) is 2.79. The highest BCUT2D eigenvalue weighted by atomic mass is 19.4. The standard InChI is InChI=1S/C21H23F2N5O2.3C2HF3O2/c1-28(2)6-7-30-19-9-16(14-11-25-26-12-14)17(23)10-18(19)27-21(29)20(24)13-4-3-5-15(22)8-13;3*3-2(4,5)1(6)7/h3-5,8-12,20H,6-7,24H2,1-2H3,(H,25,26)(H,27,29);3*(H,6,7). The molecule has 51 heavy (non-hydrogen) atoms. The molecule has 7 N–H and O–H groups in total. The molecule has 13 nitrogen and oxygen atoms in total. The van der Waals surface area contributed by atoms with Crippen LogP contribution in [0.25, 0.3) is 11.1 Å². The normalized spacial score (nSPS) is 11.7. The number of H-pyrrole nitrogens is 1. The third kappa shape index (κ3) is 17.6. The summed E-state index contributed by atoms with van der Waals surface area (Å²) in [5.74, 6) is -9.67. The van der Waals surface area contributed by atoms with Gasteiger partial charge < -0.3 is 36.0 Å². The summed E-state index contributed by atoms with van der Waals surface area (Å²) in [5, 5.41) is 30.4. The minimum Gasteiger partial charge on any atom is -0.490 e. The fourth-order valence-corrected chi connectivity index (χ4v) is 2.79. The average molecular weight is 758 g/mol. The average Bonchev–Trinajstić information content (AvgIpc) is 3.52. The topological polar surface area (TPSA) is 208 Å². The predicted octanol–water partition coefficient (Wildman–Crippen LogP) is 4.83. The number of amides is 1. The van der Waals surface area contributed by atoms with Crippen LogP contribution < -0.4 is 15.8 Å². The first-order chi connectivity index (χ1) is 23.2. The molecule has 0 saturated carbocycles. The van der Waals surface area contributed by atoms with E-state index < -0.39 is 60.0 Å². The number of nitrogens with zero attached hydrogens (tertiary/aromatic N) is 2. The van der Waals surface area contributed by atoms with Crippen molar-refractivity contribution in [3.05, 3.63) is 66.0 Å². The number of aliphatic carboxylic acids is 3. The number of likely N-dealkylation sites (N-methyl/N-ethyl adjacent to an activating group) is 1. The maximum atomic E-state index is 14.7. The van der Waals surface area contributed by atoms with Crippen molar-refractivity contribution in [1.82, 2.24) is 15.1 Å². The lowest BCUT2D eigenvalue weighted by Gasteiger charge is -2.18. The van der Waals surface area contributed by atoms with E-state index in [-0.39, 0.29) is 17.0 Å². The number of nitrogens with two attached hydrogens (primary N) is 1. The van der Waals surface area contributed by atoms with Crippen molar-refractivity contribution in [3.63, 3.8) is 0 Å². The van der Waals surface area contributed by atoms with Gasteiger partial charge in [-0.25, -0.2) is 23.2 Å². The second kappa shape index (κ2) is 19.6. The molecule has 0 spiro atoms. The summed E-state index contributed by atoms with van der Waals surface area (Å²) < 4.78 is 129. The number of aromatic amines is 1. The number of halogens is 11. The molecule has 1 heterocycles. The third-order valence-electron chi connectivity index (χ3n) is 5.15. The Kier molecular flexibility index (Phi) is 17.5. The van der Waals surface area contributed by atoms with Gasteiger partial charge in [0.05, 0.1) is 11.9 Å². The van der Waals surface area contributed by atoms with Gasteiger partial charge >= 0.3 is 36.4 Å². The highest BCUT2D eigenvalue weighted by Gasteiger charge is 2.39. The molecule has 3 rings (SSSR count). The number of rotatable bonds is 8. The number of anilines is 1. The minimum atomic E-state index is -5.08. The van der Waals surface area contributed by atoms with Crippen molar-refractivity contribution in [2.75, 3.05) is 32.6 Å². The van der Waals surface area contributed by atoms with Crippen LogP contribution in [0.15, 0.2) is 48.8 Å². The lowest BCUT2D eigenvalue weighted by molar-refractivity contribution is -0.193. The number of hydrogen-bond donors (Lipinski definition) is 6. The van der Waals surface area contributed by atoms with E-state index in [1.54, 1.807) is 12.3 Å². The number of carbonyl (C=O) groups is 4. The highest BCUT2D eigenvalue weighted by Crippen LogP contribution is 2.34. The van der Waals surface area contributed by atoms with E-state index in [0.717, 1.165) is 0 Å². The molecule has 3 aromatic rings. The van der Waals surface area contributed by atoms with E-state index in [1.807, 2.05) is 19.0 Å². The summed E-state index contributed by atoms with van der Waals surface area (Å²) >= 11 is 0. The van der Waals surface area contributed by atoms with Gasteiger partial charge in [0.25, 0.3) is 0 Å². The van der Waals surface area contributed by atoms with Crippen LogP contribution in [0, 0.1) is 11.6 Å². The molecule has 1 unspecified atom stereocenters. The van der Waals surface area contributed by atoms with Crippen LogP contribution in [-0.2, 0) is 19.2 Å². The maximum absolute atomic E-state index is 14.7. The SMILES string of the molecule is CN(C)CCOc1cc(-c2cn[nH]c2)c(F)cc1NC(=O)C(N)c1cccc(F)c1.O=C(O)C(F)(F)F.O=C(O)C(F)(F)F.O=C(O)C(F)(F)F. The Hall–Kier alpha value is -5.52. The van der Waals surface area contributed by atoms with Gasteiger partial charge in [0.1, 0.15) is 30.0 Å². The van der Waals surface area contributed by atoms with Crippen LogP contribution in [0.1, 0.15) is 11.6 Å². The largest absolute Gasteiger partial charge is 0.490 e. The van der Waals surface area contributed by atoms with Crippen LogP contribution in [-0.4, -0.2) is 100 Å². The summed E-state index contributed by atoms with van der Waals surface area (Å²) in [7, 11) is 3.79. The molecular weight excluding hydrogens is 731 g/mol. The van der Waals surface area contributed by atoms with Crippen LogP contribution >= 0.6 is 0 Å². The van der Waals surface area contributed by atoms with Crippen molar-refractivity contribution >= 4 is 29.5 Å². The van der Waals surface area contributed by atoms with Gasteiger partial charge in [-0.2, -0.15) is 44.6 Å². The summed E-state index contributed by atoms with van der Waals surface area (Å²) in [5.41, 5.74) is 7.21. The quantitative estimate of drug-likeness (QED) is 0.172. The zero-order chi connectivity index (χ0) is 39.9. The maximum Gasteiger partial charge on any atom is 0.490 e. The van der Waals surface area contributed by atoms with Gasteiger partial charge in [0.15, 0.2) is 0 Å². The molecule has 1 amide bonds. The first-order valence-corrected chi connectivity index (χ1v) is 13.0. The molecular formula is C27H26F11N5O8. The van der Waals surface area contributed by atoms with Gasteiger partial charge in [0.2, 0.25) is 5.91 Å². The van der Waals surface area contributed by atoms with E-state index in [0.29, 0.717) is 24.3 Å². The lowest BCUT2D eigenvalue weighted by atomic mass is 10.1. The Labute approximate surface area is 278 Å². The number of carbonyl (C=O) groups excluding carboxylic acids is 1. The molecule has 0 aliphatic carbocycles. The van der Waals surface area contributed by atoms with E-state index >= 15 is 0 Å². The Morgan fingerprint density at radius 3 is 1.76 bits per heavy atom. The smallest absolute Gasteiger partial charge is 0.490 e. The predicted molar refractivity (Wildman–Crippen MR) is 151 cm³/mol. The molecule has 24 heteroatoms. The number of hydrogen-bond acceptors (Lipinski definition) is 8. The Balaban J connectivity index is 0.000000966. The monoisotopic (exact) mass is 757 g/mol. The number of carboxylic acids is 3. The zero-order valence-corrected chi connectivity index (χ0v) is 25.6. The Morgan fingerprint density at radius 2 is 1.37 bits per heavy atom. The molecule has 0 saturated heterocycles. The van der Waals surface area contributed by atoms with Crippen LogP contribution in [0.5, 0.6) is 5.75 Å². The zero-order valence-electron chi connectivity index (χ0n) is 25.6. The van der Waals surface area contributed by atoms with Gasteiger partial charge in [-0.3, -0.25) is 9.89 Å². The summed E-state index contributed by atoms with van der Waals surface area (Å²) in [6.45, 7) is 0.941. The van der Waals surface area contributed by atoms with Crippen LogP contribution in [0.4, 0.5) is 54.0 Å². The first-order valence-electron chi connectivity index (χ1n) is 13.0. The molecule has 284 valence electrons. The van der Waals surface area contributed by atoms with Gasteiger partial charge in [0, 0.05) is 29.9 Å². The number of nitrogens with one attached hydrogen (secondary N) is 2. The number of benzene rings is 2. The molecule has 2 aromatic carbocycles. The Bertz CT molecular complexity index is 1540. The molecule has 0 aliphatic heterocycles.